The zero-order valence-corrected chi connectivity index (χ0v) is 17.3. The second-order valence-corrected chi connectivity index (χ2v) is 7.63. The lowest BCUT2D eigenvalue weighted by Gasteiger charge is -2.30. The highest BCUT2D eigenvalue weighted by Gasteiger charge is 2.21. The fourth-order valence-corrected chi connectivity index (χ4v) is 3.75. The van der Waals surface area contributed by atoms with Crippen LogP contribution < -0.4 is 10.5 Å². The third-order valence-electron chi connectivity index (χ3n) is 4.70. The molecule has 0 N–H and O–H groups in total. The first kappa shape index (κ1) is 19.2. The molecular weight excluding hydrogens is 421 g/mol. The lowest BCUT2D eigenvalue weighted by atomic mass is 10.1. The number of hydrogen-bond acceptors (Lipinski definition) is 5. The van der Waals surface area contributed by atoms with Gasteiger partial charge in [0.2, 0.25) is 0 Å². The molecule has 0 amide bonds. The zero-order chi connectivity index (χ0) is 19.8. The number of halogens is 3. The van der Waals surface area contributed by atoms with Crippen LogP contribution in [0.15, 0.2) is 35.4 Å². The van der Waals surface area contributed by atoms with Crippen LogP contribution in [0.2, 0.25) is 15.1 Å². The van der Waals surface area contributed by atoms with E-state index in [0.29, 0.717) is 17.3 Å². The van der Waals surface area contributed by atoms with E-state index in [2.05, 4.69) is 20.0 Å². The van der Waals surface area contributed by atoms with Gasteiger partial charge in [-0.15, -0.1) is 0 Å². The van der Waals surface area contributed by atoms with Gasteiger partial charge in [-0.25, -0.2) is 9.97 Å². The van der Waals surface area contributed by atoms with E-state index in [1.807, 2.05) is 19.2 Å². The summed E-state index contributed by atoms with van der Waals surface area (Å²) in [5.74, 6) is 0.840. The fourth-order valence-electron chi connectivity index (χ4n) is 3.20. The van der Waals surface area contributed by atoms with Gasteiger partial charge in [-0.2, -0.15) is 9.78 Å². The molecule has 9 heteroatoms. The predicted octanol–water partition coefficient (Wildman–Crippen LogP) is 4.11. The van der Waals surface area contributed by atoms with Crippen molar-refractivity contribution in [1.82, 2.24) is 19.7 Å². The Morgan fingerprint density at radius 1 is 1.14 bits per heavy atom. The Morgan fingerprint density at radius 2 is 1.96 bits per heavy atom. The Hall–Kier alpha value is -2.15. The molecular formula is C19H16Cl3N5O. The van der Waals surface area contributed by atoms with E-state index in [1.54, 1.807) is 12.1 Å². The number of nitrogens with zero attached hydrogens (tertiary/aromatic N) is 5. The molecule has 0 unspecified atom stereocenters. The summed E-state index contributed by atoms with van der Waals surface area (Å²) >= 11 is 18.3. The van der Waals surface area contributed by atoms with Crippen molar-refractivity contribution in [1.29, 1.82) is 0 Å². The Kier molecular flexibility index (Phi) is 5.27. The van der Waals surface area contributed by atoms with Crippen LogP contribution in [0.5, 0.6) is 0 Å². The van der Waals surface area contributed by atoms with Crippen molar-refractivity contribution in [2.75, 3.05) is 11.4 Å². The van der Waals surface area contributed by atoms with Crippen LogP contribution in [-0.2, 0) is 19.4 Å². The summed E-state index contributed by atoms with van der Waals surface area (Å²) in [5.41, 5.74) is 3.10. The third kappa shape index (κ3) is 3.48. The fraction of sp³-hybridized carbons (Fsp3) is 0.263. The zero-order valence-electron chi connectivity index (χ0n) is 15.0. The third-order valence-corrected chi connectivity index (χ3v) is 5.76. The standard InChI is InChI=1S/C19H16Cl3N5O/c1-2-17-23-8-11-5-6-26(10-15(11)25-17)16-4-3-12(7-13(16)20)27-19(28)18(22)14(21)9-24-27/h3-4,7-9H,2,5-6,10H2,1H3. The second-order valence-electron chi connectivity index (χ2n) is 6.44. The highest BCUT2D eigenvalue weighted by molar-refractivity contribution is 6.41. The summed E-state index contributed by atoms with van der Waals surface area (Å²) in [6.07, 6.45) is 4.91. The number of aromatic nitrogens is 4. The first-order valence-electron chi connectivity index (χ1n) is 8.79. The number of fused-ring (bicyclic) bond motifs is 1. The van der Waals surface area contributed by atoms with E-state index in [4.69, 9.17) is 34.8 Å². The van der Waals surface area contributed by atoms with Gasteiger partial charge < -0.3 is 4.90 Å². The van der Waals surface area contributed by atoms with Crippen LogP contribution in [0.25, 0.3) is 5.69 Å². The van der Waals surface area contributed by atoms with Crippen LogP contribution in [-0.4, -0.2) is 26.3 Å². The van der Waals surface area contributed by atoms with Crippen molar-refractivity contribution >= 4 is 40.5 Å². The molecule has 0 saturated carbocycles. The van der Waals surface area contributed by atoms with Crippen LogP contribution in [0.1, 0.15) is 24.0 Å². The molecule has 28 heavy (non-hydrogen) atoms. The van der Waals surface area contributed by atoms with Crippen molar-refractivity contribution in [2.45, 2.75) is 26.3 Å². The Bertz CT molecular complexity index is 1120. The lowest BCUT2D eigenvalue weighted by Crippen LogP contribution is -2.32. The smallest absolute Gasteiger partial charge is 0.291 e. The summed E-state index contributed by atoms with van der Waals surface area (Å²) < 4.78 is 1.18. The minimum atomic E-state index is -0.492. The Balaban J connectivity index is 1.66. The minimum Gasteiger partial charge on any atom is -0.364 e. The first-order chi connectivity index (χ1) is 13.5. The van der Waals surface area contributed by atoms with Gasteiger partial charge in [0.15, 0.2) is 0 Å². The van der Waals surface area contributed by atoms with Crippen LogP contribution >= 0.6 is 34.8 Å². The summed E-state index contributed by atoms with van der Waals surface area (Å²) in [6, 6.07) is 5.36. The molecule has 0 atom stereocenters. The van der Waals surface area contributed by atoms with Crippen molar-refractivity contribution in [2.24, 2.45) is 0 Å². The Labute approximate surface area is 176 Å². The molecule has 2 aromatic heterocycles. The maximum absolute atomic E-state index is 12.3. The van der Waals surface area contributed by atoms with Crippen molar-refractivity contribution in [3.8, 4) is 5.69 Å². The molecule has 6 nitrogen and oxygen atoms in total. The van der Waals surface area contributed by atoms with Crippen molar-refractivity contribution < 1.29 is 0 Å². The molecule has 0 fully saturated rings. The van der Waals surface area contributed by atoms with E-state index in [-0.39, 0.29) is 10.0 Å². The van der Waals surface area contributed by atoms with E-state index < -0.39 is 5.56 Å². The maximum atomic E-state index is 12.3. The average Bonchev–Trinajstić information content (AvgIpc) is 2.71. The molecule has 0 aliphatic carbocycles. The normalized spacial score (nSPS) is 13.5. The van der Waals surface area contributed by atoms with Gasteiger partial charge in [0.05, 0.1) is 39.9 Å². The molecule has 3 heterocycles. The second kappa shape index (κ2) is 7.70. The quantitative estimate of drug-likeness (QED) is 0.618. The highest BCUT2D eigenvalue weighted by Crippen LogP contribution is 2.31. The SMILES string of the molecule is CCc1ncc2c(n1)CN(c1ccc(-n3ncc(Cl)c(Cl)c3=O)cc1Cl)CC2. The maximum Gasteiger partial charge on any atom is 0.291 e. The van der Waals surface area contributed by atoms with E-state index in [0.717, 1.165) is 36.6 Å². The number of benzene rings is 1. The first-order valence-corrected chi connectivity index (χ1v) is 9.93. The predicted molar refractivity (Wildman–Crippen MR) is 111 cm³/mol. The lowest BCUT2D eigenvalue weighted by molar-refractivity contribution is 0.692. The van der Waals surface area contributed by atoms with E-state index >= 15 is 0 Å². The highest BCUT2D eigenvalue weighted by atomic mass is 35.5. The van der Waals surface area contributed by atoms with Crippen LogP contribution in [0, 0.1) is 0 Å². The van der Waals surface area contributed by atoms with Gasteiger partial charge in [-0.3, -0.25) is 4.79 Å². The number of hydrogen-bond donors (Lipinski definition) is 0. The summed E-state index contributed by atoms with van der Waals surface area (Å²) in [7, 11) is 0. The Morgan fingerprint density at radius 3 is 2.71 bits per heavy atom. The number of rotatable bonds is 3. The molecule has 1 aliphatic rings. The van der Waals surface area contributed by atoms with Gasteiger partial charge >= 0.3 is 0 Å². The van der Waals surface area contributed by atoms with E-state index in [1.165, 1.54) is 16.4 Å². The monoisotopic (exact) mass is 435 g/mol. The molecule has 0 spiro atoms. The molecule has 1 aromatic carbocycles. The molecule has 4 rings (SSSR count). The largest absolute Gasteiger partial charge is 0.364 e. The molecule has 144 valence electrons. The molecule has 0 saturated heterocycles. The van der Waals surface area contributed by atoms with Crippen molar-refractivity contribution in [3.63, 3.8) is 0 Å². The molecule has 3 aromatic rings. The number of aryl methyl sites for hydroxylation is 1. The van der Waals surface area contributed by atoms with Gasteiger partial charge in [-0.1, -0.05) is 41.7 Å². The van der Waals surface area contributed by atoms with Gasteiger partial charge in [-0.05, 0) is 30.2 Å². The van der Waals surface area contributed by atoms with Gasteiger partial charge in [0.25, 0.3) is 5.56 Å². The van der Waals surface area contributed by atoms with Crippen molar-refractivity contribution in [3.05, 3.63) is 73.1 Å². The molecule has 0 radical (unpaired) electrons. The van der Waals surface area contributed by atoms with Gasteiger partial charge in [0.1, 0.15) is 10.8 Å². The van der Waals surface area contributed by atoms with Crippen LogP contribution in [0.3, 0.4) is 0 Å². The molecule has 1 aliphatic heterocycles. The van der Waals surface area contributed by atoms with E-state index in [9.17, 15) is 4.79 Å². The van der Waals surface area contributed by atoms with Gasteiger partial charge in [0, 0.05) is 19.2 Å². The minimum absolute atomic E-state index is 0.0732. The number of anilines is 1. The summed E-state index contributed by atoms with van der Waals surface area (Å²) in [4.78, 5) is 23.5. The molecule has 0 bridgehead atoms. The average molecular weight is 437 g/mol. The summed E-state index contributed by atoms with van der Waals surface area (Å²) in [6.45, 7) is 3.51. The topological polar surface area (TPSA) is 63.9 Å². The summed E-state index contributed by atoms with van der Waals surface area (Å²) in [5, 5.41) is 4.60. The van der Waals surface area contributed by atoms with Crippen LogP contribution in [0.4, 0.5) is 5.69 Å².